The first-order valence-electron chi connectivity index (χ1n) is 9.08. The molecule has 1 aliphatic heterocycles. The van der Waals surface area contributed by atoms with Crippen LogP contribution in [0.5, 0.6) is 5.75 Å². The number of para-hydroxylation sites is 1. The summed E-state index contributed by atoms with van der Waals surface area (Å²) in [6, 6.07) is 12.5. The molecule has 25 heavy (non-hydrogen) atoms. The molecule has 0 bridgehead atoms. The van der Waals surface area contributed by atoms with Gasteiger partial charge in [-0.1, -0.05) is 12.1 Å². The Hall–Kier alpha value is -1.91. The average molecular weight is 354 g/mol. The van der Waals surface area contributed by atoms with Gasteiger partial charge in [0.25, 0.3) is 0 Å². The van der Waals surface area contributed by atoms with Crippen molar-refractivity contribution < 1.29 is 10.0 Å². The van der Waals surface area contributed by atoms with Gasteiger partial charge in [0.05, 0.1) is 29.2 Å². The smallest absolute Gasteiger partial charge is 0.124 e. The predicted octanol–water partition coefficient (Wildman–Crippen LogP) is 3.58. The minimum Gasteiger partial charge on any atom is -0.507 e. The Labute approximate surface area is 152 Å². The van der Waals surface area contributed by atoms with Crippen LogP contribution < -0.4 is 4.90 Å². The first-order valence-corrected chi connectivity index (χ1v) is 9.90. The van der Waals surface area contributed by atoms with E-state index in [2.05, 4.69) is 44.2 Å². The highest BCUT2D eigenvalue weighted by atomic mass is 32.1. The lowest BCUT2D eigenvalue weighted by atomic mass is 9.97. The number of fused-ring (bicyclic) bond motifs is 1. The van der Waals surface area contributed by atoms with E-state index in [9.17, 15) is 5.11 Å². The van der Waals surface area contributed by atoms with E-state index in [1.54, 1.807) is 4.90 Å². The first-order chi connectivity index (χ1) is 12.1. The minimum atomic E-state index is 0.442. The Morgan fingerprint density at radius 2 is 2.00 bits per heavy atom. The molecule has 1 aliphatic rings. The van der Waals surface area contributed by atoms with Crippen LogP contribution in [-0.4, -0.2) is 23.2 Å². The van der Waals surface area contributed by atoms with E-state index in [1.807, 2.05) is 17.4 Å². The molecule has 2 aromatic carbocycles. The third-order valence-corrected chi connectivity index (χ3v) is 6.61. The number of phenolic OH excluding ortho intramolecular Hbond substituents is 1. The number of hydrogen-bond acceptors (Lipinski definition) is 3. The topological polar surface area (TPSA) is 37.6 Å². The molecular formula is C21H25N2OS+. The summed E-state index contributed by atoms with van der Waals surface area (Å²) in [5.41, 5.74) is 4.61. The molecule has 2 atom stereocenters. The number of nitrogens with zero attached hydrogens (tertiary/aromatic N) is 1. The van der Waals surface area contributed by atoms with Gasteiger partial charge in [0.2, 0.25) is 0 Å². The maximum atomic E-state index is 10.3. The van der Waals surface area contributed by atoms with Gasteiger partial charge in [-0.2, -0.15) is 0 Å². The Morgan fingerprint density at radius 1 is 1.20 bits per heavy atom. The molecular weight excluding hydrogens is 328 g/mol. The van der Waals surface area contributed by atoms with Crippen LogP contribution in [0.3, 0.4) is 0 Å². The summed E-state index contributed by atoms with van der Waals surface area (Å²) < 4.78 is 1.29. The highest BCUT2D eigenvalue weighted by Crippen LogP contribution is 2.30. The van der Waals surface area contributed by atoms with Crippen molar-refractivity contribution in [3.05, 3.63) is 58.1 Å². The number of hydrogen-bond donors (Lipinski definition) is 2. The number of aromatic nitrogens is 1. The van der Waals surface area contributed by atoms with Crippen molar-refractivity contribution in [2.45, 2.75) is 39.2 Å². The predicted molar refractivity (Wildman–Crippen MR) is 104 cm³/mol. The number of benzene rings is 2. The molecule has 1 fully saturated rings. The molecule has 0 aliphatic carbocycles. The largest absolute Gasteiger partial charge is 0.507 e. The average Bonchev–Trinajstić information content (AvgIpc) is 3.04. The number of rotatable bonds is 3. The second-order valence-corrected chi connectivity index (χ2v) is 8.37. The fraction of sp³-hybridized carbons (Fsp3) is 0.381. The molecule has 4 rings (SSSR count). The number of likely N-dealkylation sites (tertiary alicyclic amines) is 1. The van der Waals surface area contributed by atoms with Gasteiger partial charge in [0, 0.05) is 5.56 Å². The van der Waals surface area contributed by atoms with Crippen LogP contribution in [0.2, 0.25) is 0 Å². The molecule has 0 saturated carbocycles. The standard InChI is InChI=1S/C21H24N2OS/c1-14-10-17(19(24)11-15(14)2)13-23-9-5-6-16(12-23)21-22-18-7-3-4-8-20(18)25-21/h3-4,7-8,10-11,16,24H,5-6,9,12-13H2,1-2H3/p+1/t16-/m0/s1. The Balaban J connectivity index is 1.52. The molecule has 1 unspecified atom stereocenters. The van der Waals surface area contributed by atoms with Gasteiger partial charge in [0.1, 0.15) is 17.3 Å². The van der Waals surface area contributed by atoms with E-state index in [0.29, 0.717) is 11.7 Å². The molecule has 0 amide bonds. The number of nitrogens with one attached hydrogen (secondary N) is 1. The zero-order valence-electron chi connectivity index (χ0n) is 14.9. The van der Waals surface area contributed by atoms with Crippen LogP contribution in [0.1, 0.15) is 40.5 Å². The van der Waals surface area contributed by atoms with Gasteiger partial charge in [0.15, 0.2) is 0 Å². The van der Waals surface area contributed by atoms with Crippen molar-refractivity contribution >= 4 is 21.6 Å². The van der Waals surface area contributed by atoms with E-state index in [4.69, 9.17) is 4.98 Å². The van der Waals surface area contributed by atoms with Crippen LogP contribution in [-0.2, 0) is 6.54 Å². The number of thiazole rings is 1. The number of phenols is 1. The zero-order valence-corrected chi connectivity index (χ0v) is 15.7. The quantitative estimate of drug-likeness (QED) is 0.755. The Morgan fingerprint density at radius 3 is 2.84 bits per heavy atom. The highest BCUT2D eigenvalue weighted by molar-refractivity contribution is 7.18. The molecule has 1 saturated heterocycles. The van der Waals surface area contributed by atoms with Gasteiger partial charge >= 0.3 is 0 Å². The molecule has 2 N–H and O–H groups in total. The van der Waals surface area contributed by atoms with Crippen molar-refractivity contribution in [1.82, 2.24) is 4.98 Å². The number of aryl methyl sites for hydroxylation is 2. The van der Waals surface area contributed by atoms with Crippen LogP contribution in [0.15, 0.2) is 36.4 Å². The monoisotopic (exact) mass is 353 g/mol. The lowest BCUT2D eigenvalue weighted by Gasteiger charge is -2.29. The van der Waals surface area contributed by atoms with E-state index >= 15 is 0 Å². The third kappa shape index (κ3) is 3.42. The van der Waals surface area contributed by atoms with Crippen molar-refractivity contribution in [2.75, 3.05) is 13.1 Å². The SMILES string of the molecule is Cc1cc(O)c(C[NH+]2CCC[C@H](c3nc4ccccc4s3)C2)cc1C. The molecule has 0 spiro atoms. The summed E-state index contributed by atoms with van der Waals surface area (Å²) in [7, 11) is 0. The fourth-order valence-corrected chi connectivity index (χ4v) is 4.96. The van der Waals surface area contributed by atoms with Gasteiger partial charge in [-0.3, -0.25) is 0 Å². The molecule has 4 heteroatoms. The summed E-state index contributed by atoms with van der Waals surface area (Å²) >= 11 is 1.85. The van der Waals surface area contributed by atoms with Crippen LogP contribution in [0.25, 0.3) is 10.2 Å². The third-order valence-electron chi connectivity index (χ3n) is 5.41. The zero-order chi connectivity index (χ0) is 17.4. The van der Waals surface area contributed by atoms with Crippen molar-refractivity contribution in [2.24, 2.45) is 0 Å². The maximum absolute atomic E-state index is 10.3. The van der Waals surface area contributed by atoms with Gasteiger partial charge in [-0.15, -0.1) is 11.3 Å². The van der Waals surface area contributed by atoms with Crippen molar-refractivity contribution in [1.29, 1.82) is 0 Å². The van der Waals surface area contributed by atoms with Crippen LogP contribution in [0, 0.1) is 13.8 Å². The number of aromatic hydroxyl groups is 1. The highest BCUT2D eigenvalue weighted by Gasteiger charge is 2.27. The minimum absolute atomic E-state index is 0.442. The van der Waals surface area contributed by atoms with E-state index in [0.717, 1.165) is 29.7 Å². The van der Waals surface area contributed by atoms with Gasteiger partial charge in [-0.25, -0.2) is 4.98 Å². The van der Waals surface area contributed by atoms with E-state index in [1.165, 1.54) is 34.7 Å². The number of piperidine rings is 1. The summed E-state index contributed by atoms with van der Waals surface area (Å²) in [6.45, 7) is 7.35. The summed E-state index contributed by atoms with van der Waals surface area (Å²) in [5.74, 6) is 0.979. The molecule has 0 radical (unpaired) electrons. The molecule has 130 valence electrons. The van der Waals surface area contributed by atoms with Gasteiger partial charge < -0.3 is 10.0 Å². The lowest BCUT2D eigenvalue weighted by molar-refractivity contribution is -0.920. The molecule has 1 aromatic heterocycles. The van der Waals surface area contributed by atoms with Crippen LogP contribution in [0.4, 0.5) is 0 Å². The molecule has 3 aromatic rings. The van der Waals surface area contributed by atoms with E-state index in [-0.39, 0.29) is 0 Å². The number of quaternary nitrogens is 1. The second-order valence-electron chi connectivity index (χ2n) is 7.31. The van der Waals surface area contributed by atoms with E-state index < -0.39 is 0 Å². The summed E-state index contributed by atoms with van der Waals surface area (Å²) in [6.07, 6.45) is 2.45. The second kappa shape index (κ2) is 6.77. The van der Waals surface area contributed by atoms with Crippen molar-refractivity contribution in [3.8, 4) is 5.75 Å². The molecule has 2 heterocycles. The Kier molecular flexibility index (Phi) is 4.48. The van der Waals surface area contributed by atoms with Crippen LogP contribution >= 0.6 is 11.3 Å². The van der Waals surface area contributed by atoms with Gasteiger partial charge in [-0.05, 0) is 62.1 Å². The molecule has 3 nitrogen and oxygen atoms in total. The first kappa shape index (κ1) is 16.6. The normalized spacial score (nSPS) is 20.9. The lowest BCUT2D eigenvalue weighted by Crippen LogP contribution is -3.12. The maximum Gasteiger partial charge on any atom is 0.124 e. The fourth-order valence-electron chi connectivity index (χ4n) is 3.86. The van der Waals surface area contributed by atoms with Crippen molar-refractivity contribution in [3.63, 3.8) is 0 Å². The summed E-state index contributed by atoms with van der Waals surface area (Å²) in [4.78, 5) is 6.43. The Bertz CT molecular complexity index is 869. The summed E-state index contributed by atoms with van der Waals surface area (Å²) in [5, 5.41) is 11.6.